The van der Waals surface area contributed by atoms with Gasteiger partial charge >= 0.3 is 12.8 Å². The van der Waals surface area contributed by atoms with E-state index in [9.17, 15) is 22.0 Å². The molecule has 2 aromatic heterocycles. The van der Waals surface area contributed by atoms with Crippen molar-refractivity contribution in [3.8, 4) is 5.75 Å². The lowest BCUT2D eigenvalue weighted by atomic mass is 9.77. The third-order valence-electron chi connectivity index (χ3n) is 5.23. The van der Waals surface area contributed by atoms with Gasteiger partial charge in [-0.25, -0.2) is 9.97 Å². The lowest BCUT2D eigenvalue weighted by Crippen LogP contribution is -2.46. The Hall–Kier alpha value is -2.20. The summed E-state index contributed by atoms with van der Waals surface area (Å²) in [6.07, 6.45) is -0.647. The van der Waals surface area contributed by atoms with E-state index in [1.165, 1.54) is 6.20 Å². The first kappa shape index (κ1) is 20.1. The average molecular weight is 436 g/mol. The summed E-state index contributed by atoms with van der Waals surface area (Å²) in [5.74, 6) is -0.802. The maximum Gasteiger partial charge on any atom is 0.418 e. The van der Waals surface area contributed by atoms with Crippen molar-refractivity contribution >= 4 is 17.4 Å². The van der Waals surface area contributed by atoms with Crippen molar-refractivity contribution < 1.29 is 31.4 Å². The Morgan fingerprint density at radius 3 is 2.79 bits per heavy atom. The van der Waals surface area contributed by atoms with Crippen LogP contribution in [0.3, 0.4) is 0 Å². The average Bonchev–Trinajstić information content (AvgIpc) is 3.05. The molecule has 1 spiro atoms. The molecule has 0 unspecified atom stereocenters. The number of halogens is 6. The van der Waals surface area contributed by atoms with Crippen LogP contribution in [0, 0.1) is 0 Å². The smallest absolute Gasteiger partial charge is 0.418 e. The van der Waals surface area contributed by atoms with Gasteiger partial charge in [-0.2, -0.15) is 22.0 Å². The topological polar surface area (TPSA) is 47.5 Å². The van der Waals surface area contributed by atoms with Crippen molar-refractivity contribution in [1.29, 1.82) is 0 Å². The standard InChI is InChI=1S/C18H15ClF5N3O2/c19-14-11-2-1-4-17(12(11)3-5-25-14)8-28-9-27(17)15-13(29-16(20)21)6-10(7-26-15)18(22,23)24/h3,5-7,16H,1-2,4,8-9H2/t17-/m1/s1. The number of alkyl halides is 5. The Bertz CT molecular complexity index is 927. The molecule has 156 valence electrons. The van der Waals surface area contributed by atoms with Crippen LogP contribution in [0.4, 0.5) is 27.8 Å². The third-order valence-corrected chi connectivity index (χ3v) is 5.56. The monoisotopic (exact) mass is 435 g/mol. The van der Waals surface area contributed by atoms with Gasteiger partial charge in [0.25, 0.3) is 0 Å². The van der Waals surface area contributed by atoms with Gasteiger partial charge in [0.2, 0.25) is 0 Å². The van der Waals surface area contributed by atoms with Crippen LogP contribution in [0.25, 0.3) is 0 Å². The number of fused-ring (bicyclic) bond motifs is 2. The number of rotatable bonds is 3. The largest absolute Gasteiger partial charge is 0.431 e. The highest BCUT2D eigenvalue weighted by Crippen LogP contribution is 2.48. The lowest BCUT2D eigenvalue weighted by Gasteiger charge is -2.42. The van der Waals surface area contributed by atoms with E-state index < -0.39 is 29.6 Å². The highest BCUT2D eigenvalue weighted by atomic mass is 35.5. The van der Waals surface area contributed by atoms with E-state index in [1.54, 1.807) is 11.0 Å². The Labute approximate surface area is 167 Å². The van der Waals surface area contributed by atoms with Gasteiger partial charge in [0.15, 0.2) is 11.6 Å². The van der Waals surface area contributed by atoms with Gasteiger partial charge in [-0.05, 0) is 42.5 Å². The zero-order valence-electron chi connectivity index (χ0n) is 14.8. The molecule has 3 heterocycles. The molecule has 29 heavy (non-hydrogen) atoms. The minimum Gasteiger partial charge on any atom is -0.431 e. The van der Waals surface area contributed by atoms with Crippen molar-refractivity contribution in [1.82, 2.24) is 9.97 Å². The van der Waals surface area contributed by atoms with Crippen molar-refractivity contribution in [2.24, 2.45) is 0 Å². The first-order valence-electron chi connectivity index (χ1n) is 8.74. The van der Waals surface area contributed by atoms with Crippen LogP contribution in [0.2, 0.25) is 5.15 Å². The summed E-state index contributed by atoms with van der Waals surface area (Å²) < 4.78 is 75.1. The predicted octanol–water partition coefficient (Wildman–Crippen LogP) is 4.78. The number of pyridine rings is 2. The van der Waals surface area contributed by atoms with Crippen molar-refractivity contribution in [2.75, 3.05) is 18.2 Å². The molecule has 1 saturated heterocycles. The first-order chi connectivity index (χ1) is 13.7. The molecule has 2 aliphatic rings. The molecule has 0 radical (unpaired) electrons. The summed E-state index contributed by atoms with van der Waals surface area (Å²) in [4.78, 5) is 9.49. The van der Waals surface area contributed by atoms with Crippen LogP contribution in [-0.2, 0) is 22.9 Å². The fourth-order valence-electron chi connectivity index (χ4n) is 4.01. The molecule has 1 aliphatic heterocycles. The zero-order valence-corrected chi connectivity index (χ0v) is 15.6. The van der Waals surface area contributed by atoms with Crippen LogP contribution in [0.5, 0.6) is 5.75 Å². The van der Waals surface area contributed by atoms with E-state index in [4.69, 9.17) is 16.3 Å². The van der Waals surface area contributed by atoms with Crippen LogP contribution < -0.4 is 9.64 Å². The van der Waals surface area contributed by atoms with Crippen molar-refractivity contribution in [2.45, 2.75) is 37.6 Å². The molecule has 2 aromatic rings. The Morgan fingerprint density at radius 1 is 1.28 bits per heavy atom. The molecule has 1 aliphatic carbocycles. The van der Waals surface area contributed by atoms with E-state index in [0.717, 1.165) is 11.1 Å². The van der Waals surface area contributed by atoms with Crippen LogP contribution >= 0.6 is 11.6 Å². The zero-order chi connectivity index (χ0) is 20.8. The van der Waals surface area contributed by atoms with Crippen molar-refractivity contribution in [3.63, 3.8) is 0 Å². The maximum absolute atomic E-state index is 13.1. The summed E-state index contributed by atoms with van der Waals surface area (Å²) in [6.45, 7) is -3.15. The van der Waals surface area contributed by atoms with Gasteiger partial charge in [0.1, 0.15) is 11.9 Å². The van der Waals surface area contributed by atoms with Gasteiger partial charge in [0.05, 0.1) is 17.7 Å². The minimum absolute atomic E-state index is 0.0443. The highest BCUT2D eigenvalue weighted by molar-refractivity contribution is 6.30. The van der Waals surface area contributed by atoms with E-state index in [-0.39, 0.29) is 19.2 Å². The van der Waals surface area contributed by atoms with Gasteiger partial charge in [0, 0.05) is 12.4 Å². The normalized spacial score (nSPS) is 21.7. The molecular weight excluding hydrogens is 421 g/mol. The predicted molar refractivity (Wildman–Crippen MR) is 93.0 cm³/mol. The molecular formula is C18H15ClF5N3O2. The molecule has 0 amide bonds. The SMILES string of the molecule is FC(F)Oc1cc(C(F)(F)F)cnc1N1COC[C@@]12CCCc1c2ccnc1Cl. The van der Waals surface area contributed by atoms with Gasteiger partial charge in [-0.15, -0.1) is 0 Å². The number of ether oxygens (including phenoxy) is 2. The highest BCUT2D eigenvalue weighted by Gasteiger charge is 2.48. The number of aromatic nitrogens is 2. The summed E-state index contributed by atoms with van der Waals surface area (Å²) in [7, 11) is 0. The summed E-state index contributed by atoms with van der Waals surface area (Å²) in [5, 5.41) is 0.331. The lowest BCUT2D eigenvalue weighted by molar-refractivity contribution is -0.138. The molecule has 0 saturated carbocycles. The maximum atomic E-state index is 13.1. The third kappa shape index (κ3) is 3.48. The minimum atomic E-state index is -4.75. The summed E-state index contributed by atoms with van der Waals surface area (Å²) >= 11 is 6.23. The second-order valence-corrected chi connectivity index (χ2v) is 7.20. The summed E-state index contributed by atoms with van der Waals surface area (Å²) in [5.41, 5.74) is -0.389. The van der Waals surface area contributed by atoms with E-state index >= 15 is 0 Å². The molecule has 4 rings (SSSR count). The molecule has 0 bridgehead atoms. The number of hydrogen-bond donors (Lipinski definition) is 0. The van der Waals surface area contributed by atoms with Gasteiger partial charge in [-0.1, -0.05) is 11.6 Å². The van der Waals surface area contributed by atoms with Gasteiger partial charge in [-0.3, -0.25) is 0 Å². The Balaban J connectivity index is 1.84. The van der Waals surface area contributed by atoms with Gasteiger partial charge < -0.3 is 14.4 Å². The fraction of sp³-hybridized carbons (Fsp3) is 0.444. The van der Waals surface area contributed by atoms with Crippen LogP contribution in [0.15, 0.2) is 24.5 Å². The number of nitrogens with zero attached hydrogens (tertiary/aromatic N) is 3. The van der Waals surface area contributed by atoms with E-state index in [1.807, 2.05) is 0 Å². The molecule has 1 atom stereocenters. The molecule has 1 fully saturated rings. The molecule has 5 nitrogen and oxygen atoms in total. The first-order valence-corrected chi connectivity index (χ1v) is 9.11. The fourth-order valence-corrected chi connectivity index (χ4v) is 4.26. The molecule has 11 heteroatoms. The summed E-state index contributed by atoms with van der Waals surface area (Å²) in [6, 6.07) is 2.30. The van der Waals surface area contributed by atoms with Crippen LogP contribution in [0.1, 0.15) is 29.5 Å². The Kier molecular flexibility index (Phi) is 5.02. The molecule has 0 aromatic carbocycles. The molecule has 0 N–H and O–H groups in total. The quantitative estimate of drug-likeness (QED) is 0.513. The number of anilines is 1. The van der Waals surface area contributed by atoms with E-state index in [2.05, 4.69) is 14.7 Å². The Morgan fingerprint density at radius 2 is 2.07 bits per heavy atom. The second kappa shape index (κ2) is 7.24. The number of hydrogen-bond acceptors (Lipinski definition) is 5. The van der Waals surface area contributed by atoms with E-state index in [0.29, 0.717) is 36.7 Å². The second-order valence-electron chi connectivity index (χ2n) is 6.84. The van der Waals surface area contributed by atoms with Crippen LogP contribution in [-0.4, -0.2) is 29.9 Å². The van der Waals surface area contributed by atoms with Crippen molar-refractivity contribution in [3.05, 3.63) is 46.4 Å².